The fourth-order valence-corrected chi connectivity index (χ4v) is 6.17. The second-order valence-electron chi connectivity index (χ2n) is 9.51. The van der Waals surface area contributed by atoms with Gasteiger partial charge >= 0.3 is 6.03 Å². The Kier molecular flexibility index (Phi) is 4.82. The fourth-order valence-electron chi connectivity index (χ4n) is 6.17. The fraction of sp³-hybridized carbons (Fsp3) is 0.370. The summed E-state index contributed by atoms with van der Waals surface area (Å²) < 4.78 is 0. The minimum Gasteiger partial charge on any atom is -0.336 e. The molecular weight excluding hydrogens is 414 g/mol. The van der Waals surface area contributed by atoms with Gasteiger partial charge in [-0.25, -0.2) is 4.79 Å². The number of amides is 4. The molecule has 6 heteroatoms. The number of imide groups is 1. The Hall–Kier alpha value is -3.41. The van der Waals surface area contributed by atoms with Crippen molar-refractivity contribution in [2.45, 2.75) is 12.8 Å². The third kappa shape index (κ3) is 3.27. The van der Waals surface area contributed by atoms with E-state index in [9.17, 15) is 14.4 Å². The molecule has 1 saturated heterocycles. The average Bonchev–Trinajstić information content (AvgIpc) is 3.53. The number of hydrogen-bond acceptors (Lipinski definition) is 3. The van der Waals surface area contributed by atoms with E-state index >= 15 is 0 Å². The quantitative estimate of drug-likeness (QED) is 0.584. The number of benzene rings is 2. The second-order valence-corrected chi connectivity index (χ2v) is 9.51. The number of urea groups is 1. The Morgan fingerprint density at radius 1 is 0.970 bits per heavy atom. The first-order chi connectivity index (χ1) is 16.1. The number of likely N-dealkylation sites (tertiary alicyclic amines) is 1. The molecule has 2 aromatic carbocycles. The first-order valence-electron chi connectivity index (χ1n) is 11.9. The lowest BCUT2D eigenvalue weighted by Gasteiger charge is -2.27. The molecular formula is C27H27N3O3. The van der Waals surface area contributed by atoms with Gasteiger partial charge in [-0.2, -0.15) is 0 Å². The number of allylic oxidation sites excluding steroid dienone is 2. The number of nitrogens with zero attached hydrogens (tertiary/aromatic N) is 2. The topological polar surface area (TPSA) is 69.7 Å². The second kappa shape index (κ2) is 7.87. The van der Waals surface area contributed by atoms with E-state index in [0.29, 0.717) is 13.1 Å². The summed E-state index contributed by atoms with van der Waals surface area (Å²) in [4.78, 5) is 41.4. The van der Waals surface area contributed by atoms with Crippen molar-refractivity contribution in [2.24, 2.45) is 23.7 Å². The van der Waals surface area contributed by atoms with Crippen LogP contribution in [0.15, 0.2) is 60.7 Å². The first kappa shape index (κ1) is 20.2. The molecule has 2 bridgehead atoms. The zero-order valence-electron chi connectivity index (χ0n) is 18.4. The number of hydrogen-bond donors (Lipinski definition) is 1. The van der Waals surface area contributed by atoms with Crippen LogP contribution in [0.4, 0.5) is 4.79 Å². The lowest BCUT2D eigenvalue weighted by molar-refractivity contribution is -0.140. The van der Waals surface area contributed by atoms with Crippen LogP contribution in [0.2, 0.25) is 0 Å². The van der Waals surface area contributed by atoms with E-state index in [-0.39, 0.29) is 54.6 Å². The molecule has 2 aliphatic heterocycles. The van der Waals surface area contributed by atoms with Gasteiger partial charge in [-0.05, 0) is 46.6 Å². The highest BCUT2D eigenvalue weighted by Gasteiger charge is 2.58. The summed E-state index contributed by atoms with van der Waals surface area (Å²) in [7, 11) is 0. The normalized spacial score (nSPS) is 27.9. The molecule has 2 aliphatic carbocycles. The van der Waals surface area contributed by atoms with Crippen LogP contribution in [0.3, 0.4) is 0 Å². The van der Waals surface area contributed by atoms with E-state index in [0.717, 1.165) is 12.8 Å². The maximum atomic E-state index is 12.8. The van der Waals surface area contributed by atoms with Crippen molar-refractivity contribution in [1.29, 1.82) is 0 Å². The Balaban J connectivity index is 1.05. The molecule has 4 unspecified atom stereocenters. The molecule has 4 amide bonds. The largest absolute Gasteiger partial charge is 0.336 e. The predicted molar refractivity (Wildman–Crippen MR) is 126 cm³/mol. The smallest absolute Gasteiger partial charge is 0.317 e. The lowest BCUT2D eigenvalue weighted by atomic mass is 9.85. The number of carbonyl (C=O) groups is 3. The van der Waals surface area contributed by atoms with Gasteiger partial charge in [0.2, 0.25) is 11.8 Å². The van der Waals surface area contributed by atoms with E-state index in [4.69, 9.17) is 0 Å². The zero-order valence-corrected chi connectivity index (χ0v) is 18.4. The molecule has 33 heavy (non-hydrogen) atoms. The van der Waals surface area contributed by atoms with Crippen LogP contribution in [0.5, 0.6) is 0 Å². The summed E-state index contributed by atoms with van der Waals surface area (Å²) in [6.07, 6.45) is 8.05. The predicted octanol–water partition coefficient (Wildman–Crippen LogP) is 3.45. The zero-order chi connectivity index (χ0) is 22.5. The van der Waals surface area contributed by atoms with Crippen LogP contribution in [0.25, 0.3) is 16.3 Å². The van der Waals surface area contributed by atoms with Gasteiger partial charge in [0.25, 0.3) is 0 Å². The molecule has 168 valence electrons. The summed E-state index contributed by atoms with van der Waals surface area (Å²) in [5, 5.41) is 5.36. The van der Waals surface area contributed by atoms with Gasteiger partial charge in [0.1, 0.15) is 0 Å². The minimum absolute atomic E-state index is 0.0586. The van der Waals surface area contributed by atoms with Crippen LogP contribution in [0, 0.1) is 23.7 Å². The highest BCUT2D eigenvalue weighted by molar-refractivity contribution is 6.06. The van der Waals surface area contributed by atoms with Gasteiger partial charge in [0, 0.05) is 26.2 Å². The van der Waals surface area contributed by atoms with Crippen LogP contribution in [-0.4, -0.2) is 53.8 Å². The molecule has 6 rings (SSSR count). The summed E-state index contributed by atoms with van der Waals surface area (Å²) in [6, 6.07) is 14.5. The van der Waals surface area contributed by atoms with Gasteiger partial charge < -0.3 is 10.2 Å². The van der Waals surface area contributed by atoms with Crippen LogP contribution in [-0.2, 0) is 9.59 Å². The third-order valence-corrected chi connectivity index (χ3v) is 7.81. The van der Waals surface area contributed by atoms with Crippen molar-refractivity contribution >= 4 is 34.2 Å². The van der Waals surface area contributed by atoms with Crippen molar-refractivity contribution < 1.29 is 14.4 Å². The Morgan fingerprint density at radius 2 is 1.70 bits per heavy atom. The summed E-state index contributed by atoms with van der Waals surface area (Å²) >= 11 is 0. The molecule has 2 aromatic rings. The van der Waals surface area contributed by atoms with E-state index in [1.165, 1.54) is 26.8 Å². The molecule has 4 atom stereocenters. The monoisotopic (exact) mass is 441 g/mol. The molecule has 0 radical (unpaired) electrons. The number of nitrogens with one attached hydrogen (secondary N) is 1. The molecule has 2 heterocycles. The highest BCUT2D eigenvalue weighted by atomic mass is 16.2. The van der Waals surface area contributed by atoms with E-state index in [1.807, 2.05) is 6.07 Å². The van der Waals surface area contributed by atoms with E-state index < -0.39 is 0 Å². The van der Waals surface area contributed by atoms with Gasteiger partial charge in [-0.3, -0.25) is 14.5 Å². The molecule has 6 nitrogen and oxygen atoms in total. The Bertz CT molecular complexity index is 1180. The van der Waals surface area contributed by atoms with Gasteiger partial charge in [-0.1, -0.05) is 60.7 Å². The molecule has 2 fully saturated rings. The Labute approximate surface area is 192 Å². The van der Waals surface area contributed by atoms with Crippen LogP contribution < -0.4 is 5.32 Å². The van der Waals surface area contributed by atoms with Crippen molar-refractivity contribution in [3.63, 3.8) is 0 Å². The summed E-state index contributed by atoms with van der Waals surface area (Å²) in [5.74, 6) is -0.0430. The number of carbonyl (C=O) groups excluding carboxylic acids is 3. The molecule has 4 aliphatic rings. The van der Waals surface area contributed by atoms with Gasteiger partial charge in [0.05, 0.1) is 11.8 Å². The lowest BCUT2D eigenvalue weighted by Crippen LogP contribution is -2.45. The van der Waals surface area contributed by atoms with Crippen molar-refractivity contribution in [3.8, 4) is 0 Å². The maximum absolute atomic E-state index is 12.8. The highest BCUT2D eigenvalue weighted by Crippen LogP contribution is 2.52. The van der Waals surface area contributed by atoms with Gasteiger partial charge in [-0.15, -0.1) is 0 Å². The SMILES string of the molecule is O=C(NCCN1C(=O)C2C3C=CC(C3)C2C1=O)N1CC=C(c2cccc3ccccc23)CC1. The molecule has 1 N–H and O–H groups in total. The minimum atomic E-state index is -0.178. The number of rotatable bonds is 4. The molecule has 1 saturated carbocycles. The maximum Gasteiger partial charge on any atom is 0.317 e. The van der Waals surface area contributed by atoms with Crippen molar-refractivity contribution in [3.05, 3.63) is 66.3 Å². The summed E-state index contributed by atoms with van der Waals surface area (Å²) in [6.45, 7) is 1.72. The van der Waals surface area contributed by atoms with Crippen LogP contribution in [0.1, 0.15) is 18.4 Å². The molecule has 0 aromatic heterocycles. The van der Waals surface area contributed by atoms with Crippen molar-refractivity contribution in [2.75, 3.05) is 26.2 Å². The molecule has 0 spiro atoms. The third-order valence-electron chi connectivity index (χ3n) is 7.81. The first-order valence-corrected chi connectivity index (χ1v) is 11.9. The average molecular weight is 442 g/mol. The van der Waals surface area contributed by atoms with E-state index in [2.05, 4.69) is 59.9 Å². The van der Waals surface area contributed by atoms with Crippen molar-refractivity contribution in [1.82, 2.24) is 15.1 Å². The van der Waals surface area contributed by atoms with E-state index in [1.54, 1.807) is 4.90 Å². The summed E-state index contributed by atoms with van der Waals surface area (Å²) in [5.41, 5.74) is 2.49. The van der Waals surface area contributed by atoms with Gasteiger partial charge in [0.15, 0.2) is 0 Å². The number of fused-ring (bicyclic) bond motifs is 6. The Morgan fingerprint density at radius 3 is 2.42 bits per heavy atom. The van der Waals surface area contributed by atoms with Crippen LogP contribution >= 0.6 is 0 Å². The standard InChI is InChI=1S/C27H27N3O3/c31-25-23-19-8-9-20(16-19)24(23)26(32)30(25)15-12-28-27(33)29-13-10-18(11-14-29)22-7-3-5-17-4-1-2-6-21(17)22/h1-10,19-20,23-24H,11-16H2,(H,28,33).